The van der Waals surface area contributed by atoms with Gasteiger partial charge in [-0.05, 0) is 56.4 Å². The molecular weight excluding hydrogens is 288 g/mol. The minimum atomic E-state index is 0.0615. The van der Waals surface area contributed by atoms with E-state index in [1.54, 1.807) is 6.92 Å². The highest BCUT2D eigenvalue weighted by Gasteiger charge is 2.26. The van der Waals surface area contributed by atoms with Gasteiger partial charge in [0.05, 0.1) is 0 Å². The van der Waals surface area contributed by atoms with Crippen molar-refractivity contribution in [3.8, 4) is 0 Å². The maximum absolute atomic E-state index is 12.6. The molecule has 124 valence electrons. The highest BCUT2D eigenvalue weighted by atomic mass is 16.2. The Kier molecular flexibility index (Phi) is 4.99. The van der Waals surface area contributed by atoms with Crippen molar-refractivity contribution < 1.29 is 9.59 Å². The molecule has 23 heavy (non-hydrogen) atoms. The monoisotopic (exact) mass is 314 g/mol. The lowest BCUT2D eigenvalue weighted by molar-refractivity contribution is -0.130. The number of piperidine rings is 2. The first-order valence-electron chi connectivity index (χ1n) is 8.80. The van der Waals surface area contributed by atoms with Crippen molar-refractivity contribution in [3.63, 3.8) is 0 Å². The summed E-state index contributed by atoms with van der Waals surface area (Å²) in [7, 11) is 0. The van der Waals surface area contributed by atoms with Crippen LogP contribution >= 0.6 is 0 Å². The zero-order valence-corrected chi connectivity index (χ0v) is 14.0. The number of carbonyl (C=O) groups is 2. The number of Topliss-reactive ketones (excluding diaryl/α,β-unsaturated/α-hetero) is 1. The highest BCUT2D eigenvalue weighted by molar-refractivity contribution is 5.98. The number of ketones is 1. The summed E-state index contributed by atoms with van der Waals surface area (Å²) >= 11 is 0. The summed E-state index contributed by atoms with van der Waals surface area (Å²) in [5.41, 5.74) is 2.04. The van der Waals surface area contributed by atoms with Gasteiger partial charge in [0.15, 0.2) is 5.78 Å². The average molecular weight is 314 g/mol. The quantitative estimate of drug-likeness (QED) is 0.805. The van der Waals surface area contributed by atoms with Gasteiger partial charge in [-0.2, -0.15) is 0 Å². The molecule has 0 aromatic heterocycles. The van der Waals surface area contributed by atoms with E-state index in [1.807, 2.05) is 17.0 Å². The summed E-state index contributed by atoms with van der Waals surface area (Å²) in [6.07, 6.45) is 5.41. The Labute approximate surface area is 138 Å². The minimum absolute atomic E-state index is 0.0615. The summed E-state index contributed by atoms with van der Waals surface area (Å²) in [6, 6.07) is 8.12. The number of amides is 1. The van der Waals surface area contributed by atoms with Crippen molar-refractivity contribution >= 4 is 17.4 Å². The molecule has 2 aliphatic heterocycles. The van der Waals surface area contributed by atoms with E-state index >= 15 is 0 Å². The van der Waals surface area contributed by atoms with Gasteiger partial charge in [-0.3, -0.25) is 9.59 Å². The van der Waals surface area contributed by atoms with Gasteiger partial charge in [0, 0.05) is 50.3 Å². The molecule has 2 saturated heterocycles. The van der Waals surface area contributed by atoms with E-state index < -0.39 is 0 Å². The molecular formula is C19H26N2O2. The molecule has 3 rings (SSSR count). The smallest absolute Gasteiger partial charge is 0.219 e. The second kappa shape index (κ2) is 7.16. The van der Waals surface area contributed by atoms with E-state index in [1.165, 1.54) is 24.9 Å². The first-order valence-corrected chi connectivity index (χ1v) is 8.80. The van der Waals surface area contributed by atoms with Gasteiger partial charge in [0.25, 0.3) is 0 Å². The van der Waals surface area contributed by atoms with Crippen LogP contribution in [-0.2, 0) is 4.79 Å². The zero-order chi connectivity index (χ0) is 16.2. The molecule has 1 aromatic carbocycles. The Bertz CT molecular complexity index is 553. The lowest BCUT2D eigenvalue weighted by Crippen LogP contribution is -2.39. The Morgan fingerprint density at radius 2 is 1.52 bits per heavy atom. The summed E-state index contributed by atoms with van der Waals surface area (Å²) in [6.45, 7) is 5.25. The number of carbonyl (C=O) groups excluding carboxylic acids is 2. The number of nitrogens with zero attached hydrogens (tertiary/aromatic N) is 2. The molecule has 0 unspecified atom stereocenters. The van der Waals surface area contributed by atoms with Crippen LogP contribution in [0.1, 0.15) is 49.4 Å². The van der Waals surface area contributed by atoms with Crippen LogP contribution < -0.4 is 4.90 Å². The molecule has 0 saturated carbocycles. The zero-order valence-electron chi connectivity index (χ0n) is 14.0. The molecule has 2 fully saturated rings. The number of hydrogen-bond donors (Lipinski definition) is 0. The average Bonchev–Trinajstić information content (AvgIpc) is 2.62. The molecule has 2 aliphatic rings. The van der Waals surface area contributed by atoms with Gasteiger partial charge in [-0.1, -0.05) is 0 Å². The lowest BCUT2D eigenvalue weighted by atomic mass is 9.89. The van der Waals surface area contributed by atoms with E-state index in [-0.39, 0.29) is 17.6 Å². The number of likely N-dealkylation sites (tertiary alicyclic amines) is 1. The fourth-order valence-electron chi connectivity index (χ4n) is 3.68. The van der Waals surface area contributed by atoms with Crippen LogP contribution in [0, 0.1) is 5.92 Å². The maximum atomic E-state index is 12.6. The van der Waals surface area contributed by atoms with Gasteiger partial charge in [0.2, 0.25) is 5.91 Å². The predicted octanol–water partition coefficient (Wildman–Crippen LogP) is 3.12. The molecule has 0 radical (unpaired) electrons. The third kappa shape index (κ3) is 3.74. The Morgan fingerprint density at radius 1 is 0.913 bits per heavy atom. The van der Waals surface area contributed by atoms with Crippen LogP contribution in [0.5, 0.6) is 0 Å². The van der Waals surface area contributed by atoms with Crippen LogP contribution in [0.2, 0.25) is 0 Å². The van der Waals surface area contributed by atoms with Gasteiger partial charge >= 0.3 is 0 Å². The standard InChI is InChI=1S/C19H26N2O2/c1-15(22)20-13-9-17(10-14-20)19(23)16-5-7-18(8-6-16)21-11-3-2-4-12-21/h5-8,17H,2-4,9-14H2,1H3. The summed E-state index contributed by atoms with van der Waals surface area (Å²) in [5, 5.41) is 0. The fraction of sp³-hybridized carbons (Fsp3) is 0.579. The third-order valence-corrected chi connectivity index (χ3v) is 5.18. The first-order chi connectivity index (χ1) is 11.1. The van der Waals surface area contributed by atoms with E-state index in [0.29, 0.717) is 13.1 Å². The van der Waals surface area contributed by atoms with Gasteiger partial charge in [-0.15, -0.1) is 0 Å². The van der Waals surface area contributed by atoms with E-state index in [0.717, 1.165) is 31.5 Å². The SMILES string of the molecule is CC(=O)N1CCC(C(=O)c2ccc(N3CCCCC3)cc2)CC1. The maximum Gasteiger partial charge on any atom is 0.219 e. The molecule has 0 atom stereocenters. The van der Waals surface area contributed by atoms with Crippen LogP contribution in [0.3, 0.4) is 0 Å². The topological polar surface area (TPSA) is 40.6 Å². The lowest BCUT2D eigenvalue weighted by Gasteiger charge is -2.31. The molecule has 1 amide bonds. The van der Waals surface area contributed by atoms with Crippen LogP contribution in [0.25, 0.3) is 0 Å². The highest BCUT2D eigenvalue weighted by Crippen LogP contribution is 2.24. The molecule has 0 aliphatic carbocycles. The van der Waals surface area contributed by atoms with Gasteiger partial charge in [-0.25, -0.2) is 0 Å². The normalized spacial score (nSPS) is 19.7. The number of anilines is 1. The number of rotatable bonds is 3. The van der Waals surface area contributed by atoms with Crippen molar-refractivity contribution in [1.82, 2.24) is 4.90 Å². The second-order valence-electron chi connectivity index (χ2n) is 6.74. The van der Waals surface area contributed by atoms with Crippen molar-refractivity contribution in [2.24, 2.45) is 5.92 Å². The Hall–Kier alpha value is -1.84. The summed E-state index contributed by atoms with van der Waals surface area (Å²) in [5.74, 6) is 0.409. The van der Waals surface area contributed by atoms with Crippen LogP contribution in [0.4, 0.5) is 5.69 Å². The fourth-order valence-corrected chi connectivity index (χ4v) is 3.68. The molecule has 0 bridgehead atoms. The first kappa shape index (κ1) is 16.0. The molecule has 0 spiro atoms. The molecule has 0 N–H and O–H groups in total. The third-order valence-electron chi connectivity index (χ3n) is 5.18. The van der Waals surface area contributed by atoms with Crippen molar-refractivity contribution in [2.75, 3.05) is 31.1 Å². The van der Waals surface area contributed by atoms with Crippen LogP contribution in [0.15, 0.2) is 24.3 Å². The largest absolute Gasteiger partial charge is 0.372 e. The summed E-state index contributed by atoms with van der Waals surface area (Å²) in [4.78, 5) is 28.3. The van der Waals surface area contributed by atoms with E-state index in [2.05, 4.69) is 17.0 Å². The van der Waals surface area contributed by atoms with Crippen molar-refractivity contribution in [1.29, 1.82) is 0 Å². The minimum Gasteiger partial charge on any atom is -0.372 e. The van der Waals surface area contributed by atoms with E-state index in [4.69, 9.17) is 0 Å². The Balaban J connectivity index is 1.60. The number of hydrogen-bond acceptors (Lipinski definition) is 3. The molecule has 4 heteroatoms. The predicted molar refractivity (Wildman–Crippen MR) is 91.8 cm³/mol. The van der Waals surface area contributed by atoms with Gasteiger partial charge in [0.1, 0.15) is 0 Å². The van der Waals surface area contributed by atoms with Crippen molar-refractivity contribution in [3.05, 3.63) is 29.8 Å². The molecule has 2 heterocycles. The van der Waals surface area contributed by atoms with Gasteiger partial charge < -0.3 is 9.80 Å². The van der Waals surface area contributed by atoms with E-state index in [9.17, 15) is 9.59 Å². The molecule has 1 aromatic rings. The second-order valence-corrected chi connectivity index (χ2v) is 6.74. The van der Waals surface area contributed by atoms with Crippen LogP contribution in [-0.4, -0.2) is 42.8 Å². The van der Waals surface area contributed by atoms with Crippen molar-refractivity contribution in [2.45, 2.75) is 39.0 Å². The Morgan fingerprint density at radius 3 is 2.09 bits per heavy atom. The summed E-state index contributed by atoms with van der Waals surface area (Å²) < 4.78 is 0. The number of benzene rings is 1. The molecule has 4 nitrogen and oxygen atoms in total.